The van der Waals surface area contributed by atoms with Gasteiger partial charge in [-0.25, -0.2) is 0 Å². The smallest absolute Gasteiger partial charge is 0.381 e. The van der Waals surface area contributed by atoms with Gasteiger partial charge < -0.3 is 10.1 Å². The largest absolute Gasteiger partial charge is 0.416 e. The second kappa shape index (κ2) is 5.09. The quantitative estimate of drug-likeness (QED) is 0.878. The first-order valence-electron chi connectivity index (χ1n) is 8.12. The average molecular weight is 336 g/mol. The van der Waals surface area contributed by atoms with Crippen LogP contribution in [0.25, 0.3) is 10.9 Å². The van der Waals surface area contributed by atoms with E-state index in [1.54, 1.807) is 6.20 Å². The Kier molecular flexibility index (Phi) is 3.33. The molecule has 1 aliphatic heterocycles. The van der Waals surface area contributed by atoms with Crippen molar-refractivity contribution in [1.29, 1.82) is 0 Å². The van der Waals surface area contributed by atoms with Crippen LogP contribution in [0.2, 0.25) is 0 Å². The summed E-state index contributed by atoms with van der Waals surface area (Å²) in [5, 5.41) is 4.25. The van der Waals surface area contributed by atoms with E-state index < -0.39 is 11.7 Å². The van der Waals surface area contributed by atoms with Gasteiger partial charge in [0.05, 0.1) is 17.2 Å². The number of ether oxygens (including phenoxy) is 1. The molecule has 24 heavy (non-hydrogen) atoms. The van der Waals surface area contributed by atoms with Crippen molar-refractivity contribution in [2.24, 2.45) is 11.3 Å². The Labute approximate surface area is 138 Å². The molecule has 1 aliphatic carbocycles. The van der Waals surface area contributed by atoms with Crippen LogP contribution < -0.4 is 5.32 Å². The Morgan fingerprint density at radius 2 is 2.04 bits per heavy atom. The fourth-order valence-electron chi connectivity index (χ4n) is 4.24. The van der Waals surface area contributed by atoms with E-state index in [-0.39, 0.29) is 17.6 Å². The van der Waals surface area contributed by atoms with Gasteiger partial charge in [0.2, 0.25) is 0 Å². The Bertz CT molecular complexity index is 787. The van der Waals surface area contributed by atoms with Crippen molar-refractivity contribution in [3.8, 4) is 0 Å². The molecule has 4 rings (SSSR count). The zero-order valence-electron chi connectivity index (χ0n) is 13.5. The van der Waals surface area contributed by atoms with Crippen LogP contribution in [0.3, 0.4) is 0 Å². The number of nitrogens with zero attached hydrogens (tertiary/aromatic N) is 1. The molecule has 128 valence electrons. The predicted octanol–water partition coefficient (Wildman–Crippen LogP) is 4.48. The SMILES string of the molecule is CC1(C)C(Nc2ccnc3cc(C(F)(F)F)ccc23)C2CCOC21. The number of nitrogens with one attached hydrogen (secondary N) is 1. The minimum atomic E-state index is -4.36. The summed E-state index contributed by atoms with van der Waals surface area (Å²) in [5.74, 6) is 0.456. The predicted molar refractivity (Wildman–Crippen MR) is 85.8 cm³/mol. The van der Waals surface area contributed by atoms with Gasteiger partial charge in [0.15, 0.2) is 0 Å². The molecule has 1 aromatic heterocycles. The van der Waals surface area contributed by atoms with Crippen molar-refractivity contribution in [3.05, 3.63) is 36.0 Å². The van der Waals surface area contributed by atoms with Gasteiger partial charge in [0, 0.05) is 41.3 Å². The molecule has 0 bridgehead atoms. The van der Waals surface area contributed by atoms with Gasteiger partial charge in [-0.1, -0.05) is 19.9 Å². The Balaban J connectivity index is 1.68. The van der Waals surface area contributed by atoms with Crippen LogP contribution in [0.15, 0.2) is 30.5 Å². The van der Waals surface area contributed by atoms with Gasteiger partial charge in [0.1, 0.15) is 0 Å². The minimum Gasteiger partial charge on any atom is -0.381 e. The van der Waals surface area contributed by atoms with Gasteiger partial charge in [-0.15, -0.1) is 0 Å². The van der Waals surface area contributed by atoms with Crippen LogP contribution in [0.5, 0.6) is 0 Å². The lowest BCUT2D eigenvalue weighted by Gasteiger charge is -2.55. The number of halogens is 3. The minimum absolute atomic E-state index is 0.00265. The molecule has 1 saturated carbocycles. The van der Waals surface area contributed by atoms with Crippen molar-refractivity contribution in [2.45, 2.75) is 38.6 Å². The second-order valence-corrected chi connectivity index (χ2v) is 7.28. The van der Waals surface area contributed by atoms with Crippen molar-refractivity contribution in [3.63, 3.8) is 0 Å². The zero-order valence-corrected chi connectivity index (χ0v) is 13.5. The van der Waals surface area contributed by atoms with Crippen molar-refractivity contribution >= 4 is 16.6 Å². The molecule has 0 spiro atoms. The molecule has 3 nitrogen and oxygen atoms in total. The van der Waals surface area contributed by atoms with Gasteiger partial charge >= 0.3 is 6.18 Å². The van der Waals surface area contributed by atoms with Gasteiger partial charge in [-0.2, -0.15) is 13.2 Å². The van der Waals surface area contributed by atoms with E-state index in [9.17, 15) is 13.2 Å². The Morgan fingerprint density at radius 1 is 1.25 bits per heavy atom. The maximum absolute atomic E-state index is 12.9. The first-order valence-corrected chi connectivity index (χ1v) is 8.12. The maximum Gasteiger partial charge on any atom is 0.416 e. The highest BCUT2D eigenvalue weighted by molar-refractivity contribution is 5.91. The van der Waals surface area contributed by atoms with Crippen LogP contribution in [0.1, 0.15) is 25.8 Å². The number of aromatic nitrogens is 1. The number of hydrogen-bond acceptors (Lipinski definition) is 3. The van der Waals surface area contributed by atoms with Crippen LogP contribution in [0.4, 0.5) is 18.9 Å². The standard InChI is InChI=1S/C18H19F3N2O/c1-17(2)15(12-6-8-24-16(12)17)23-13-5-7-22-14-9-10(18(19,20)21)3-4-11(13)14/h3-5,7,9,12,15-16H,6,8H2,1-2H3,(H,22,23). The topological polar surface area (TPSA) is 34.2 Å². The maximum atomic E-state index is 12.9. The molecule has 1 saturated heterocycles. The lowest BCUT2D eigenvalue weighted by molar-refractivity contribution is -0.137. The molecular formula is C18H19F3N2O. The molecule has 3 unspecified atom stereocenters. The Hall–Kier alpha value is -1.82. The Morgan fingerprint density at radius 3 is 2.79 bits per heavy atom. The average Bonchev–Trinajstić information content (AvgIpc) is 2.98. The molecule has 0 radical (unpaired) electrons. The number of fused-ring (bicyclic) bond motifs is 2. The molecule has 2 aliphatic rings. The molecule has 2 fully saturated rings. The fraction of sp³-hybridized carbons (Fsp3) is 0.500. The summed E-state index contributed by atoms with van der Waals surface area (Å²) in [5.41, 5.74) is 0.513. The molecule has 1 aromatic carbocycles. The number of anilines is 1. The molecule has 3 atom stereocenters. The summed E-state index contributed by atoms with van der Waals surface area (Å²) < 4.78 is 44.4. The van der Waals surface area contributed by atoms with Gasteiger partial charge in [-0.3, -0.25) is 4.98 Å². The van der Waals surface area contributed by atoms with E-state index in [0.29, 0.717) is 16.8 Å². The van der Waals surface area contributed by atoms with E-state index >= 15 is 0 Å². The first kappa shape index (κ1) is 15.7. The van der Waals surface area contributed by atoms with Crippen LogP contribution in [0, 0.1) is 11.3 Å². The van der Waals surface area contributed by atoms with E-state index in [1.165, 1.54) is 6.07 Å². The molecule has 0 amide bonds. The third kappa shape index (κ3) is 2.27. The highest BCUT2D eigenvalue weighted by Crippen LogP contribution is 2.53. The number of alkyl halides is 3. The third-order valence-electron chi connectivity index (χ3n) is 5.48. The molecular weight excluding hydrogens is 317 g/mol. The van der Waals surface area contributed by atoms with E-state index in [0.717, 1.165) is 30.8 Å². The summed E-state index contributed by atoms with van der Waals surface area (Å²) in [6.45, 7) is 5.12. The molecule has 2 heterocycles. The molecule has 6 heteroatoms. The van der Waals surface area contributed by atoms with Gasteiger partial charge in [0.25, 0.3) is 0 Å². The van der Waals surface area contributed by atoms with E-state index in [4.69, 9.17) is 4.74 Å². The first-order chi connectivity index (χ1) is 11.3. The van der Waals surface area contributed by atoms with Crippen molar-refractivity contribution in [2.75, 3.05) is 11.9 Å². The van der Waals surface area contributed by atoms with Gasteiger partial charge in [-0.05, 0) is 24.6 Å². The normalized spacial score (nSPS) is 28.5. The summed E-state index contributed by atoms with van der Waals surface area (Å²) in [4.78, 5) is 4.11. The summed E-state index contributed by atoms with van der Waals surface area (Å²) in [7, 11) is 0. The summed E-state index contributed by atoms with van der Waals surface area (Å²) >= 11 is 0. The highest BCUT2D eigenvalue weighted by Gasteiger charge is 2.59. The lowest BCUT2D eigenvalue weighted by Crippen LogP contribution is -2.63. The zero-order chi connectivity index (χ0) is 17.1. The molecule has 2 aromatic rings. The second-order valence-electron chi connectivity index (χ2n) is 7.28. The number of benzene rings is 1. The van der Waals surface area contributed by atoms with Crippen molar-refractivity contribution < 1.29 is 17.9 Å². The fourth-order valence-corrected chi connectivity index (χ4v) is 4.24. The van der Waals surface area contributed by atoms with Crippen molar-refractivity contribution in [1.82, 2.24) is 4.98 Å². The monoisotopic (exact) mass is 336 g/mol. The van der Waals surface area contributed by atoms with Crippen LogP contribution in [-0.4, -0.2) is 23.7 Å². The number of pyridine rings is 1. The van der Waals surface area contributed by atoms with Crippen LogP contribution >= 0.6 is 0 Å². The highest BCUT2D eigenvalue weighted by atomic mass is 19.4. The third-order valence-corrected chi connectivity index (χ3v) is 5.48. The summed E-state index contributed by atoms with van der Waals surface area (Å²) in [6, 6.07) is 5.80. The van der Waals surface area contributed by atoms with E-state index in [2.05, 4.69) is 24.1 Å². The molecule has 1 N–H and O–H groups in total. The lowest BCUT2D eigenvalue weighted by atomic mass is 9.57. The number of hydrogen-bond donors (Lipinski definition) is 1. The number of rotatable bonds is 2. The summed E-state index contributed by atoms with van der Waals surface area (Å²) in [6.07, 6.45) is -1.52. The van der Waals surface area contributed by atoms with Crippen LogP contribution in [-0.2, 0) is 10.9 Å². The van der Waals surface area contributed by atoms with E-state index in [1.807, 2.05) is 6.07 Å².